The van der Waals surface area contributed by atoms with Gasteiger partial charge >= 0.3 is 30.0 Å². The molecule has 0 radical (unpaired) electrons. The number of hydrogen-bond acceptors (Lipinski definition) is 6. The average Bonchev–Trinajstić information content (AvgIpc) is 2.83. The highest BCUT2D eigenvalue weighted by atomic mass is 35.5. The molecule has 204 valence electrons. The number of rotatable bonds is 7. The Kier molecular flexibility index (Phi) is 8.45. The summed E-state index contributed by atoms with van der Waals surface area (Å²) in [7, 11) is 0. The van der Waals surface area contributed by atoms with Gasteiger partial charge in [-0.05, 0) is 38.1 Å². The lowest BCUT2D eigenvalue weighted by Crippen LogP contribution is -2.64. The summed E-state index contributed by atoms with van der Waals surface area (Å²) in [5.41, 5.74) is -6.27. The molecule has 0 spiro atoms. The second-order valence-corrected chi connectivity index (χ2v) is 8.31. The van der Waals surface area contributed by atoms with E-state index in [-0.39, 0.29) is 15.5 Å². The molecule has 38 heavy (non-hydrogen) atoms. The van der Waals surface area contributed by atoms with Crippen molar-refractivity contribution in [2.24, 2.45) is 10.9 Å². The summed E-state index contributed by atoms with van der Waals surface area (Å²) < 4.78 is 97.0. The largest absolute Gasteiger partial charge is 0.465 e. The molecule has 1 aliphatic rings. The van der Waals surface area contributed by atoms with E-state index in [1.165, 1.54) is 56.3 Å². The van der Waals surface area contributed by atoms with Gasteiger partial charge in [0.2, 0.25) is 0 Å². The lowest BCUT2D eigenvalue weighted by Gasteiger charge is -2.43. The molecule has 13 heteroatoms. The number of ether oxygens (including phenoxy) is 2. The first kappa shape index (κ1) is 29.0. The molecule has 1 aliphatic heterocycles. The Balaban J connectivity index is 2.47. The second kappa shape index (κ2) is 11.1. The number of halogens is 7. The van der Waals surface area contributed by atoms with Crippen LogP contribution in [0.2, 0.25) is 5.02 Å². The van der Waals surface area contributed by atoms with E-state index in [2.05, 4.69) is 9.73 Å². The van der Waals surface area contributed by atoms with Gasteiger partial charge in [0.1, 0.15) is 0 Å². The van der Waals surface area contributed by atoms with Crippen molar-refractivity contribution in [2.45, 2.75) is 31.9 Å². The van der Waals surface area contributed by atoms with Crippen LogP contribution in [0.1, 0.15) is 19.4 Å². The van der Waals surface area contributed by atoms with Crippen molar-refractivity contribution in [1.82, 2.24) is 0 Å². The van der Waals surface area contributed by atoms with Crippen molar-refractivity contribution in [3.63, 3.8) is 0 Å². The number of aliphatic imine (C=N–C) groups is 1. The van der Waals surface area contributed by atoms with Crippen LogP contribution in [0.5, 0.6) is 0 Å². The summed E-state index contributed by atoms with van der Waals surface area (Å²) in [5, 5.41) is 0.108. The molecule has 0 N–H and O–H groups in total. The monoisotopic (exact) mass is 562 g/mol. The first-order chi connectivity index (χ1) is 17.8. The van der Waals surface area contributed by atoms with E-state index in [1.807, 2.05) is 0 Å². The number of carbonyl (C=O) groups excluding carboxylic acids is 2. The molecule has 0 aromatic heterocycles. The number of hydrogen-bond donors (Lipinski definition) is 0. The van der Waals surface area contributed by atoms with Gasteiger partial charge in [0.15, 0.2) is 5.92 Å². The van der Waals surface area contributed by atoms with Crippen LogP contribution in [0.25, 0.3) is 0 Å². The minimum absolute atomic E-state index is 0.108. The Labute approximate surface area is 218 Å². The Hall–Kier alpha value is -3.54. The molecule has 0 fully saturated rings. The fraction of sp³-hybridized carbons (Fsp3) is 0.320. The van der Waals surface area contributed by atoms with Crippen molar-refractivity contribution in [2.75, 3.05) is 18.1 Å². The van der Waals surface area contributed by atoms with E-state index in [4.69, 9.17) is 16.3 Å². The third kappa shape index (κ3) is 5.50. The van der Waals surface area contributed by atoms with E-state index < -0.39 is 66.1 Å². The molecule has 6 nitrogen and oxygen atoms in total. The molecule has 0 bridgehead atoms. The maximum absolute atomic E-state index is 14.9. The van der Waals surface area contributed by atoms with Crippen molar-refractivity contribution < 1.29 is 45.4 Å². The number of alkyl halides is 6. The molecule has 0 amide bonds. The second-order valence-electron chi connectivity index (χ2n) is 7.87. The lowest BCUT2D eigenvalue weighted by molar-refractivity contribution is -0.203. The van der Waals surface area contributed by atoms with Gasteiger partial charge < -0.3 is 14.4 Å². The van der Waals surface area contributed by atoms with E-state index in [0.29, 0.717) is 6.20 Å². The highest BCUT2D eigenvalue weighted by Gasteiger charge is 2.68. The molecular weight excluding hydrogens is 542 g/mol. The van der Waals surface area contributed by atoms with Gasteiger partial charge in [-0.3, -0.25) is 4.79 Å². The smallest absolute Gasteiger partial charge is 0.444 e. The summed E-state index contributed by atoms with van der Waals surface area (Å²) in [6, 6.07) is 11.1. The Bertz CT molecular complexity index is 1230. The fourth-order valence-electron chi connectivity index (χ4n) is 3.83. The Morgan fingerprint density at radius 1 is 0.947 bits per heavy atom. The highest BCUT2D eigenvalue weighted by molar-refractivity contribution is 6.30. The van der Waals surface area contributed by atoms with Crippen molar-refractivity contribution in [1.29, 1.82) is 0 Å². The molecule has 3 rings (SSSR count). The number of esters is 2. The van der Waals surface area contributed by atoms with Crippen LogP contribution in [0.4, 0.5) is 32.0 Å². The molecule has 0 saturated heterocycles. The number of anilines is 1. The van der Waals surface area contributed by atoms with E-state index in [0.717, 1.165) is 12.1 Å². The minimum Gasteiger partial charge on any atom is -0.465 e. The van der Waals surface area contributed by atoms with Gasteiger partial charge in [-0.2, -0.15) is 26.3 Å². The lowest BCUT2D eigenvalue weighted by atomic mass is 9.87. The van der Waals surface area contributed by atoms with Crippen LogP contribution < -0.4 is 4.90 Å². The topological polar surface area (TPSA) is 68.2 Å². The van der Waals surface area contributed by atoms with Crippen LogP contribution in [0, 0.1) is 5.92 Å². The van der Waals surface area contributed by atoms with Gasteiger partial charge in [0, 0.05) is 28.0 Å². The third-order valence-corrected chi connectivity index (χ3v) is 5.68. The maximum Gasteiger partial charge on any atom is 0.444 e. The van der Waals surface area contributed by atoms with Crippen molar-refractivity contribution in [3.8, 4) is 0 Å². The van der Waals surface area contributed by atoms with E-state index in [9.17, 15) is 35.9 Å². The van der Waals surface area contributed by atoms with Gasteiger partial charge in [0.25, 0.3) is 0 Å². The first-order valence-corrected chi connectivity index (χ1v) is 11.5. The predicted molar refractivity (Wildman–Crippen MR) is 127 cm³/mol. The summed E-state index contributed by atoms with van der Waals surface area (Å²) in [5.74, 6) is -6.66. The standard InChI is InChI=1S/C25H21ClF6N2O4/c1-3-37-21(35)19(24(27,28)29)18-14-34(17-12-10-16(26)11-13-17)23(25(30,31)32,22(36)38-4-2)33-20(18)15-8-6-5-7-9-15/h5-14,19H,3-4H2,1-2H3/t19-,23+/m0/s1. The van der Waals surface area contributed by atoms with Crippen LogP contribution in [0.15, 0.2) is 71.4 Å². The number of nitrogens with zero attached hydrogens (tertiary/aromatic N) is 2. The summed E-state index contributed by atoms with van der Waals surface area (Å²) >= 11 is 5.86. The summed E-state index contributed by atoms with van der Waals surface area (Å²) in [4.78, 5) is 29.5. The molecule has 2 atom stereocenters. The third-order valence-electron chi connectivity index (χ3n) is 5.43. The van der Waals surface area contributed by atoms with Crippen molar-refractivity contribution in [3.05, 3.63) is 77.0 Å². The minimum atomic E-state index is -5.50. The van der Waals surface area contributed by atoms with E-state index in [1.54, 1.807) is 0 Å². The molecule has 0 aliphatic carbocycles. The normalized spacial score (nSPS) is 18.8. The molecule has 0 saturated carbocycles. The zero-order chi connectivity index (χ0) is 28.3. The average molecular weight is 563 g/mol. The highest BCUT2D eigenvalue weighted by Crippen LogP contribution is 2.47. The molecule has 1 heterocycles. The Morgan fingerprint density at radius 2 is 1.53 bits per heavy atom. The van der Waals surface area contributed by atoms with Crippen molar-refractivity contribution >= 4 is 34.9 Å². The SMILES string of the molecule is CCOC(=O)[C@H](C1=CN(c2ccc(Cl)cc2)[C@](C(=O)OCC)(C(F)(F)F)N=C1c1ccccc1)C(F)(F)F. The van der Waals surface area contributed by atoms with E-state index >= 15 is 0 Å². The molecule has 2 aromatic rings. The zero-order valence-corrected chi connectivity index (χ0v) is 20.7. The number of carbonyl (C=O) groups is 2. The molecular formula is C25H21ClF6N2O4. The van der Waals surface area contributed by atoms with Crippen LogP contribution in [0.3, 0.4) is 0 Å². The summed E-state index contributed by atoms with van der Waals surface area (Å²) in [6.07, 6.45) is -10.3. The quantitative estimate of drug-likeness (QED) is 0.301. The van der Waals surface area contributed by atoms with Gasteiger partial charge in [-0.15, -0.1) is 0 Å². The molecule has 2 aromatic carbocycles. The van der Waals surface area contributed by atoms with Gasteiger partial charge in [-0.1, -0.05) is 41.9 Å². The summed E-state index contributed by atoms with van der Waals surface area (Å²) in [6.45, 7) is 1.64. The number of benzene rings is 2. The predicted octanol–water partition coefficient (Wildman–Crippen LogP) is 6.10. The maximum atomic E-state index is 14.9. The van der Waals surface area contributed by atoms with Gasteiger partial charge in [-0.25, -0.2) is 9.79 Å². The van der Waals surface area contributed by atoms with Crippen LogP contribution >= 0.6 is 11.6 Å². The van der Waals surface area contributed by atoms with Crippen LogP contribution in [-0.4, -0.2) is 48.9 Å². The van der Waals surface area contributed by atoms with Gasteiger partial charge in [0.05, 0.1) is 18.9 Å². The first-order valence-electron chi connectivity index (χ1n) is 11.2. The fourth-order valence-corrected chi connectivity index (χ4v) is 3.96. The molecule has 0 unspecified atom stereocenters. The Morgan fingerprint density at radius 3 is 2.03 bits per heavy atom. The van der Waals surface area contributed by atoms with Crippen LogP contribution in [-0.2, 0) is 19.1 Å². The zero-order valence-electron chi connectivity index (χ0n) is 19.9.